The Morgan fingerprint density at radius 3 is 2.80 bits per heavy atom. The summed E-state index contributed by atoms with van der Waals surface area (Å²) in [6.07, 6.45) is 6.78. The normalized spacial score (nSPS) is 18.1. The van der Waals surface area contributed by atoms with Crippen molar-refractivity contribution in [3.8, 4) is 0 Å². The van der Waals surface area contributed by atoms with Crippen LogP contribution >= 0.6 is 0 Å². The van der Waals surface area contributed by atoms with Gasteiger partial charge in [0, 0.05) is 6.42 Å². The van der Waals surface area contributed by atoms with Crippen LogP contribution in [0.1, 0.15) is 30.4 Å². The lowest BCUT2D eigenvalue weighted by Gasteiger charge is -2.12. The number of benzene rings is 1. The van der Waals surface area contributed by atoms with E-state index >= 15 is 0 Å². The molecule has 0 aromatic heterocycles. The maximum Gasteiger partial charge on any atom is 0.0999 e. The molecule has 0 amide bonds. The highest BCUT2D eigenvalue weighted by atomic mass is 14.9. The highest BCUT2D eigenvalue weighted by Gasteiger charge is 2.12. The van der Waals surface area contributed by atoms with Gasteiger partial charge in [-0.25, -0.2) is 4.99 Å². The van der Waals surface area contributed by atoms with Gasteiger partial charge in [0.2, 0.25) is 0 Å². The fraction of sp³-hybridized carbons (Fsp3) is 0.308. The van der Waals surface area contributed by atoms with Crippen LogP contribution in [0.3, 0.4) is 0 Å². The van der Waals surface area contributed by atoms with Crippen molar-refractivity contribution in [3.05, 3.63) is 34.9 Å². The van der Waals surface area contributed by atoms with Crippen LogP contribution in [0.4, 0.5) is 5.69 Å². The number of allylic oxidation sites excluding steroid dienone is 1. The molecule has 0 unspecified atom stereocenters. The first-order valence-electron chi connectivity index (χ1n) is 5.47. The lowest BCUT2D eigenvalue weighted by Crippen LogP contribution is -2.15. The highest BCUT2D eigenvalue weighted by molar-refractivity contribution is 5.86. The predicted molar refractivity (Wildman–Crippen MR) is 63.3 cm³/mol. The maximum atomic E-state index is 5.72. The Kier molecular flexibility index (Phi) is 1.88. The molecule has 1 aliphatic carbocycles. The second kappa shape index (κ2) is 3.23. The topological polar surface area (TPSA) is 38.4 Å². The van der Waals surface area contributed by atoms with Gasteiger partial charge in [-0.3, -0.25) is 0 Å². The number of aliphatic imine (C=N–C) groups is 1. The maximum absolute atomic E-state index is 5.72. The minimum Gasteiger partial charge on any atom is -0.387 e. The number of hydrogen-bond donors (Lipinski definition) is 1. The molecule has 0 spiro atoms. The van der Waals surface area contributed by atoms with E-state index in [2.05, 4.69) is 29.3 Å². The molecule has 3 rings (SSSR count). The van der Waals surface area contributed by atoms with Crippen LogP contribution in [0, 0.1) is 0 Å². The summed E-state index contributed by atoms with van der Waals surface area (Å²) in [5.41, 5.74) is 11.0. The molecular formula is C13H14N2. The summed E-state index contributed by atoms with van der Waals surface area (Å²) in [7, 11) is 0. The molecule has 0 atom stereocenters. The Morgan fingerprint density at radius 1 is 1.13 bits per heavy atom. The fourth-order valence-corrected chi connectivity index (χ4v) is 1.93. The van der Waals surface area contributed by atoms with Gasteiger partial charge in [0.25, 0.3) is 0 Å². The molecule has 2 heteroatoms. The zero-order valence-electron chi connectivity index (χ0n) is 8.66. The number of amidine groups is 1. The van der Waals surface area contributed by atoms with Gasteiger partial charge in [-0.15, -0.1) is 0 Å². The van der Waals surface area contributed by atoms with E-state index in [1.165, 1.54) is 24.0 Å². The average molecular weight is 198 g/mol. The Labute approximate surface area is 89.5 Å². The Morgan fingerprint density at radius 2 is 2.00 bits per heavy atom. The minimum atomic E-state index is 0.760. The number of rotatable bonds is 1. The van der Waals surface area contributed by atoms with Gasteiger partial charge in [-0.1, -0.05) is 17.7 Å². The summed E-state index contributed by atoms with van der Waals surface area (Å²) in [6.45, 7) is 0. The van der Waals surface area contributed by atoms with E-state index in [1.807, 2.05) is 0 Å². The largest absolute Gasteiger partial charge is 0.387 e. The molecule has 1 fully saturated rings. The van der Waals surface area contributed by atoms with Crippen LogP contribution in [0.2, 0.25) is 0 Å². The third-order valence-electron chi connectivity index (χ3n) is 2.93. The summed E-state index contributed by atoms with van der Waals surface area (Å²) >= 11 is 0. The van der Waals surface area contributed by atoms with Crippen molar-refractivity contribution in [1.82, 2.24) is 0 Å². The fourth-order valence-electron chi connectivity index (χ4n) is 1.93. The number of aryl methyl sites for hydroxylation is 1. The summed E-state index contributed by atoms with van der Waals surface area (Å²) in [4.78, 5) is 4.36. The average Bonchev–Trinajstić information content (AvgIpc) is 3.02. The first-order chi connectivity index (χ1) is 7.31. The molecule has 2 nitrogen and oxygen atoms in total. The van der Waals surface area contributed by atoms with Crippen LogP contribution in [-0.2, 0) is 6.42 Å². The lowest BCUT2D eigenvalue weighted by atomic mass is 10.0. The second-order valence-electron chi connectivity index (χ2n) is 4.29. The van der Waals surface area contributed by atoms with E-state index in [4.69, 9.17) is 5.73 Å². The van der Waals surface area contributed by atoms with Gasteiger partial charge in [0.1, 0.15) is 0 Å². The number of hydrogen-bond acceptors (Lipinski definition) is 2. The summed E-state index contributed by atoms with van der Waals surface area (Å²) in [5, 5.41) is 0. The van der Waals surface area contributed by atoms with Gasteiger partial charge in [-0.05, 0) is 42.5 Å². The molecule has 0 radical (unpaired) electrons. The van der Waals surface area contributed by atoms with Crippen molar-refractivity contribution in [2.45, 2.75) is 25.7 Å². The van der Waals surface area contributed by atoms with Gasteiger partial charge >= 0.3 is 0 Å². The van der Waals surface area contributed by atoms with Crippen molar-refractivity contribution in [3.63, 3.8) is 0 Å². The van der Waals surface area contributed by atoms with Crippen molar-refractivity contribution in [2.75, 3.05) is 0 Å². The molecule has 1 heterocycles. The molecule has 1 aromatic rings. The molecule has 1 aromatic carbocycles. The molecule has 1 aliphatic heterocycles. The predicted octanol–water partition coefficient (Wildman–Crippen LogP) is 2.80. The number of nitrogens with two attached hydrogens (primary N) is 1. The van der Waals surface area contributed by atoms with Crippen LogP contribution in [0.5, 0.6) is 0 Å². The van der Waals surface area contributed by atoms with Crippen molar-refractivity contribution < 1.29 is 0 Å². The Balaban J connectivity index is 1.99. The van der Waals surface area contributed by atoms with E-state index in [0.29, 0.717) is 0 Å². The van der Waals surface area contributed by atoms with Gasteiger partial charge in [-0.2, -0.15) is 0 Å². The van der Waals surface area contributed by atoms with Crippen molar-refractivity contribution in [1.29, 1.82) is 0 Å². The van der Waals surface area contributed by atoms with Crippen LogP contribution in [0.15, 0.2) is 28.8 Å². The van der Waals surface area contributed by atoms with Crippen molar-refractivity contribution in [2.24, 2.45) is 10.7 Å². The minimum absolute atomic E-state index is 0.760. The van der Waals surface area contributed by atoms with E-state index in [1.54, 1.807) is 5.57 Å². The van der Waals surface area contributed by atoms with Crippen molar-refractivity contribution >= 4 is 17.6 Å². The summed E-state index contributed by atoms with van der Waals surface area (Å²) < 4.78 is 0. The molecular weight excluding hydrogens is 184 g/mol. The summed E-state index contributed by atoms with van der Waals surface area (Å²) in [6, 6.07) is 6.46. The first-order valence-corrected chi connectivity index (χ1v) is 5.47. The quantitative estimate of drug-likeness (QED) is 0.740. The second-order valence-corrected chi connectivity index (χ2v) is 4.29. The molecule has 76 valence electrons. The monoisotopic (exact) mass is 198 g/mol. The number of nitrogens with zero attached hydrogens (tertiary/aromatic N) is 1. The Bertz CT molecular complexity index is 463. The highest BCUT2D eigenvalue weighted by Crippen LogP contribution is 2.32. The van der Waals surface area contributed by atoms with E-state index in [-0.39, 0.29) is 0 Å². The van der Waals surface area contributed by atoms with Gasteiger partial charge in [0.05, 0.1) is 11.5 Å². The lowest BCUT2D eigenvalue weighted by molar-refractivity contribution is 0.995. The third kappa shape index (κ3) is 1.80. The summed E-state index contributed by atoms with van der Waals surface area (Å²) in [5.74, 6) is 0.760. The van der Waals surface area contributed by atoms with E-state index in [0.717, 1.165) is 24.4 Å². The SMILES string of the molecule is NC1=Nc2ccc(C=C3CC3)cc2CC1. The van der Waals surface area contributed by atoms with E-state index < -0.39 is 0 Å². The smallest absolute Gasteiger partial charge is 0.0999 e. The first kappa shape index (κ1) is 8.72. The molecule has 1 saturated carbocycles. The van der Waals surface area contributed by atoms with Crippen LogP contribution in [0.25, 0.3) is 6.08 Å². The van der Waals surface area contributed by atoms with E-state index in [9.17, 15) is 0 Å². The van der Waals surface area contributed by atoms with Gasteiger partial charge in [0.15, 0.2) is 0 Å². The molecule has 15 heavy (non-hydrogen) atoms. The molecule has 2 aliphatic rings. The standard InChI is InChI=1S/C13H14N2/c14-13-6-4-11-8-10(7-9-1-2-9)3-5-12(11)15-13/h3,5,7-8H,1-2,4,6H2,(H2,14,15). The van der Waals surface area contributed by atoms with Crippen LogP contribution in [-0.4, -0.2) is 5.84 Å². The molecule has 0 saturated heterocycles. The zero-order chi connectivity index (χ0) is 10.3. The molecule has 2 N–H and O–H groups in total. The molecule has 0 bridgehead atoms. The zero-order valence-corrected chi connectivity index (χ0v) is 8.66. The number of fused-ring (bicyclic) bond motifs is 1. The third-order valence-corrected chi connectivity index (χ3v) is 2.93. The van der Waals surface area contributed by atoms with Crippen LogP contribution < -0.4 is 5.73 Å². The van der Waals surface area contributed by atoms with Gasteiger partial charge < -0.3 is 5.73 Å². The Hall–Kier alpha value is -1.57.